The van der Waals surface area contributed by atoms with Gasteiger partial charge in [0.05, 0.1) is 6.61 Å². The lowest BCUT2D eigenvalue weighted by molar-refractivity contribution is -0.125. The Morgan fingerprint density at radius 3 is 2.57 bits per heavy atom. The number of nitrogens with zero attached hydrogens (tertiary/aromatic N) is 1. The molecule has 0 spiro atoms. The van der Waals surface area contributed by atoms with Gasteiger partial charge in [-0.3, -0.25) is 4.79 Å². The predicted octanol–water partition coefficient (Wildman–Crippen LogP) is 2.58. The molecule has 114 valence electrons. The number of carbonyl (C=O) groups is 1. The van der Waals surface area contributed by atoms with E-state index in [1.165, 1.54) is 0 Å². The Hall–Kier alpha value is -1.84. The van der Waals surface area contributed by atoms with Crippen molar-refractivity contribution in [3.05, 3.63) is 35.9 Å². The maximum Gasteiger partial charge on any atom is 0.246 e. The smallest absolute Gasteiger partial charge is 0.246 e. The van der Waals surface area contributed by atoms with Gasteiger partial charge in [-0.15, -0.1) is 0 Å². The fourth-order valence-electron chi connectivity index (χ4n) is 2.64. The van der Waals surface area contributed by atoms with Crippen LogP contribution in [-0.4, -0.2) is 30.0 Å². The number of carbonyl (C=O) groups excluding carboxylic acids is 1. The molecular weight excluding hydrogens is 264 g/mol. The second kappa shape index (κ2) is 6.29. The first-order valence-corrected chi connectivity index (χ1v) is 7.53. The van der Waals surface area contributed by atoms with Gasteiger partial charge in [-0.05, 0) is 25.3 Å². The summed E-state index contributed by atoms with van der Waals surface area (Å²) in [4.78, 5) is 16.9. The SMILES string of the molecule is CCOC1=N[C@@H](C(C)C)C(=O)N[C@]1(C)Cc1ccccc1. The minimum absolute atomic E-state index is 0.0214. The van der Waals surface area contributed by atoms with Crippen LogP contribution in [0.3, 0.4) is 0 Å². The van der Waals surface area contributed by atoms with Crippen molar-refractivity contribution in [2.24, 2.45) is 10.9 Å². The number of benzene rings is 1. The van der Waals surface area contributed by atoms with E-state index in [1.807, 2.05) is 45.9 Å². The minimum atomic E-state index is -0.583. The van der Waals surface area contributed by atoms with Gasteiger partial charge >= 0.3 is 0 Å². The summed E-state index contributed by atoms with van der Waals surface area (Å²) in [7, 11) is 0. The van der Waals surface area contributed by atoms with Crippen molar-refractivity contribution in [2.45, 2.75) is 45.7 Å². The van der Waals surface area contributed by atoms with Crippen molar-refractivity contribution in [1.82, 2.24) is 5.32 Å². The van der Waals surface area contributed by atoms with Gasteiger partial charge in [0.15, 0.2) is 0 Å². The summed E-state index contributed by atoms with van der Waals surface area (Å²) in [5, 5.41) is 3.11. The number of ether oxygens (including phenoxy) is 1. The summed E-state index contributed by atoms with van der Waals surface area (Å²) < 4.78 is 5.73. The largest absolute Gasteiger partial charge is 0.480 e. The van der Waals surface area contributed by atoms with E-state index < -0.39 is 5.54 Å². The average Bonchev–Trinajstić information content (AvgIpc) is 2.42. The Balaban J connectivity index is 2.31. The molecule has 0 aliphatic carbocycles. The summed E-state index contributed by atoms with van der Waals surface area (Å²) in [6.07, 6.45) is 0.670. The summed E-state index contributed by atoms with van der Waals surface area (Å²) in [6, 6.07) is 9.72. The van der Waals surface area contributed by atoms with Crippen LogP contribution in [0, 0.1) is 5.92 Å². The summed E-state index contributed by atoms with van der Waals surface area (Å²) in [6.45, 7) is 8.45. The van der Waals surface area contributed by atoms with Crippen molar-refractivity contribution in [2.75, 3.05) is 6.61 Å². The third-order valence-electron chi connectivity index (χ3n) is 3.71. The second-order valence-corrected chi connectivity index (χ2v) is 6.04. The lowest BCUT2D eigenvalue weighted by Crippen LogP contribution is -2.61. The molecule has 21 heavy (non-hydrogen) atoms. The molecule has 0 radical (unpaired) electrons. The molecule has 1 aliphatic heterocycles. The number of hydrogen-bond acceptors (Lipinski definition) is 3. The van der Waals surface area contributed by atoms with E-state index in [0.29, 0.717) is 18.9 Å². The highest BCUT2D eigenvalue weighted by molar-refractivity contribution is 5.98. The monoisotopic (exact) mass is 288 g/mol. The van der Waals surface area contributed by atoms with Crippen LogP contribution in [0.2, 0.25) is 0 Å². The second-order valence-electron chi connectivity index (χ2n) is 6.04. The van der Waals surface area contributed by atoms with Gasteiger partial charge in [0.25, 0.3) is 0 Å². The van der Waals surface area contributed by atoms with E-state index in [1.54, 1.807) is 0 Å². The van der Waals surface area contributed by atoms with Crippen LogP contribution in [0.25, 0.3) is 0 Å². The number of hydrogen-bond donors (Lipinski definition) is 1. The summed E-state index contributed by atoms with van der Waals surface area (Å²) >= 11 is 0. The molecule has 2 rings (SSSR count). The quantitative estimate of drug-likeness (QED) is 0.925. The molecule has 0 unspecified atom stereocenters. The van der Waals surface area contributed by atoms with E-state index in [2.05, 4.69) is 22.4 Å². The molecule has 0 saturated heterocycles. The molecule has 4 heteroatoms. The van der Waals surface area contributed by atoms with E-state index >= 15 is 0 Å². The Morgan fingerprint density at radius 2 is 2.00 bits per heavy atom. The predicted molar refractivity (Wildman–Crippen MR) is 84.4 cm³/mol. The molecular formula is C17H24N2O2. The first-order valence-electron chi connectivity index (χ1n) is 7.53. The van der Waals surface area contributed by atoms with Crippen molar-refractivity contribution < 1.29 is 9.53 Å². The van der Waals surface area contributed by atoms with E-state index in [-0.39, 0.29) is 17.9 Å². The highest BCUT2D eigenvalue weighted by Gasteiger charge is 2.41. The molecule has 4 nitrogen and oxygen atoms in total. The van der Waals surface area contributed by atoms with Crippen LogP contribution in [0.4, 0.5) is 0 Å². The van der Waals surface area contributed by atoms with E-state index in [4.69, 9.17) is 4.74 Å². The molecule has 1 aromatic carbocycles. The van der Waals surface area contributed by atoms with Crippen molar-refractivity contribution >= 4 is 11.8 Å². The Labute approximate surface area is 126 Å². The van der Waals surface area contributed by atoms with Crippen molar-refractivity contribution in [3.63, 3.8) is 0 Å². The highest BCUT2D eigenvalue weighted by Crippen LogP contribution is 2.23. The third kappa shape index (κ3) is 3.43. The molecule has 2 atom stereocenters. The third-order valence-corrected chi connectivity index (χ3v) is 3.71. The van der Waals surface area contributed by atoms with Gasteiger partial charge in [0.1, 0.15) is 11.6 Å². The minimum Gasteiger partial charge on any atom is -0.480 e. The van der Waals surface area contributed by atoms with Gasteiger partial charge in [-0.25, -0.2) is 4.99 Å². The first-order chi connectivity index (χ1) is 9.96. The molecule has 1 amide bonds. The van der Waals surface area contributed by atoms with E-state index in [9.17, 15) is 4.79 Å². The molecule has 0 saturated carbocycles. The molecule has 1 heterocycles. The highest BCUT2D eigenvalue weighted by atomic mass is 16.5. The van der Waals surface area contributed by atoms with Crippen LogP contribution in [0.5, 0.6) is 0 Å². The Kier molecular flexibility index (Phi) is 4.66. The molecule has 0 aromatic heterocycles. The Morgan fingerprint density at radius 1 is 1.33 bits per heavy atom. The van der Waals surface area contributed by atoms with Crippen LogP contribution in [-0.2, 0) is 16.0 Å². The van der Waals surface area contributed by atoms with E-state index in [0.717, 1.165) is 5.56 Å². The lowest BCUT2D eigenvalue weighted by Gasteiger charge is -2.37. The van der Waals surface area contributed by atoms with Crippen LogP contribution in [0.15, 0.2) is 35.3 Å². The number of rotatable bonds is 4. The molecule has 0 bridgehead atoms. The zero-order chi connectivity index (χ0) is 15.5. The van der Waals surface area contributed by atoms with Crippen molar-refractivity contribution in [1.29, 1.82) is 0 Å². The summed E-state index contributed by atoms with van der Waals surface area (Å²) in [5.41, 5.74) is 0.565. The van der Waals surface area contributed by atoms with Gasteiger partial charge in [-0.2, -0.15) is 0 Å². The number of aliphatic imine (C=N–C) groups is 1. The first kappa shape index (κ1) is 15.5. The fourth-order valence-corrected chi connectivity index (χ4v) is 2.64. The zero-order valence-electron chi connectivity index (χ0n) is 13.2. The van der Waals surface area contributed by atoms with Gasteiger partial charge in [0, 0.05) is 6.42 Å². The van der Waals surface area contributed by atoms with Crippen LogP contribution >= 0.6 is 0 Å². The summed E-state index contributed by atoms with van der Waals surface area (Å²) in [5.74, 6) is 0.765. The average molecular weight is 288 g/mol. The number of amides is 1. The molecule has 1 aliphatic rings. The molecule has 1 N–H and O–H groups in total. The maximum absolute atomic E-state index is 12.3. The standard InChI is InChI=1S/C17H24N2O2/c1-5-21-16-17(4,11-13-9-7-6-8-10-13)19-15(20)14(18-16)12(2)3/h6-10,12,14H,5,11H2,1-4H3,(H,19,20)/t14-,17+/m0/s1. The molecule has 0 fully saturated rings. The fraction of sp³-hybridized carbons (Fsp3) is 0.529. The Bertz CT molecular complexity index is 525. The molecule has 1 aromatic rings. The normalized spacial score (nSPS) is 25.5. The van der Waals surface area contributed by atoms with Crippen molar-refractivity contribution in [3.8, 4) is 0 Å². The van der Waals surface area contributed by atoms with Crippen LogP contribution in [0.1, 0.15) is 33.3 Å². The van der Waals surface area contributed by atoms with Gasteiger partial charge < -0.3 is 10.1 Å². The maximum atomic E-state index is 12.3. The topological polar surface area (TPSA) is 50.7 Å². The lowest BCUT2D eigenvalue weighted by atomic mass is 9.88. The van der Waals surface area contributed by atoms with Crippen LogP contribution < -0.4 is 5.32 Å². The van der Waals surface area contributed by atoms with Gasteiger partial charge in [0.2, 0.25) is 11.8 Å². The zero-order valence-corrected chi connectivity index (χ0v) is 13.2. The number of nitrogens with one attached hydrogen (secondary N) is 1. The van der Waals surface area contributed by atoms with Gasteiger partial charge in [-0.1, -0.05) is 44.2 Å².